The number of hydrogen-bond acceptors (Lipinski definition) is 6. The fourth-order valence-electron chi connectivity index (χ4n) is 3.49. The number of nitrogens with zero attached hydrogens (tertiary/aromatic N) is 2. The summed E-state index contributed by atoms with van der Waals surface area (Å²) in [6.45, 7) is -0.144. The van der Waals surface area contributed by atoms with Crippen molar-refractivity contribution in [3.8, 4) is 0 Å². The number of aromatic nitrogens is 2. The number of carbonyl (C=O) groups is 2. The summed E-state index contributed by atoms with van der Waals surface area (Å²) in [7, 11) is 1.30. The van der Waals surface area contributed by atoms with Gasteiger partial charge in [-0.15, -0.1) is 11.3 Å². The number of benzene rings is 1. The third-order valence-electron chi connectivity index (χ3n) is 4.82. The summed E-state index contributed by atoms with van der Waals surface area (Å²) in [6, 6.07) is 6.45. The van der Waals surface area contributed by atoms with E-state index < -0.39 is 5.97 Å². The monoisotopic (exact) mass is 397 g/mol. The molecule has 1 aliphatic carbocycles. The van der Waals surface area contributed by atoms with Crippen LogP contribution in [0.5, 0.6) is 0 Å². The number of hydrogen-bond donors (Lipinski definition) is 1. The van der Waals surface area contributed by atoms with Gasteiger partial charge in [-0.25, -0.2) is 9.78 Å². The lowest BCUT2D eigenvalue weighted by Gasteiger charge is -2.11. The molecule has 8 heteroatoms. The van der Waals surface area contributed by atoms with Gasteiger partial charge in [-0.2, -0.15) is 0 Å². The van der Waals surface area contributed by atoms with E-state index in [-0.39, 0.29) is 18.0 Å². The maximum atomic E-state index is 12.9. The molecule has 0 bridgehead atoms. The minimum absolute atomic E-state index is 0.144. The molecule has 1 N–H and O–H groups in total. The molecule has 0 unspecified atom stereocenters. The Morgan fingerprint density at radius 1 is 1.29 bits per heavy atom. The van der Waals surface area contributed by atoms with Gasteiger partial charge in [0.15, 0.2) is 0 Å². The molecule has 4 rings (SSSR count). The van der Waals surface area contributed by atoms with Crippen LogP contribution in [0.2, 0.25) is 0 Å². The molecule has 0 aliphatic heterocycles. The van der Waals surface area contributed by atoms with Crippen molar-refractivity contribution in [2.45, 2.75) is 32.2 Å². The number of amides is 1. The first-order chi connectivity index (χ1) is 13.6. The summed E-state index contributed by atoms with van der Waals surface area (Å²) >= 11 is 1.58. The molecule has 0 radical (unpaired) electrons. The molecule has 0 fully saturated rings. The van der Waals surface area contributed by atoms with Gasteiger partial charge in [-0.1, -0.05) is 6.07 Å². The molecule has 1 aromatic carbocycles. The molecule has 0 atom stereocenters. The highest BCUT2D eigenvalue weighted by molar-refractivity contribution is 7.18. The van der Waals surface area contributed by atoms with Crippen LogP contribution in [-0.4, -0.2) is 28.5 Å². The van der Waals surface area contributed by atoms with E-state index in [9.17, 15) is 14.4 Å². The standard InChI is InChI=1S/C20H19N3O4S/c1-27-20(26)12-5-4-6-13(9-12)22-16(24)10-23-11-21-18-17(19(23)25)14-7-2-3-8-15(14)28-18/h4-6,9,11H,2-3,7-8,10H2,1H3,(H,22,24). The van der Waals surface area contributed by atoms with Crippen LogP contribution < -0.4 is 10.9 Å². The molecule has 0 saturated heterocycles. The normalized spacial score (nSPS) is 13.2. The van der Waals surface area contributed by atoms with Gasteiger partial charge in [-0.3, -0.25) is 14.2 Å². The molecule has 28 heavy (non-hydrogen) atoms. The summed E-state index contributed by atoms with van der Waals surface area (Å²) in [5.74, 6) is -0.849. The Morgan fingerprint density at radius 3 is 2.93 bits per heavy atom. The first-order valence-corrected chi connectivity index (χ1v) is 9.86. The molecule has 7 nitrogen and oxygen atoms in total. The Hall–Kier alpha value is -3.00. The summed E-state index contributed by atoms with van der Waals surface area (Å²) in [6.07, 6.45) is 5.53. The summed E-state index contributed by atoms with van der Waals surface area (Å²) in [5, 5.41) is 3.36. The molecule has 1 amide bonds. The van der Waals surface area contributed by atoms with Crippen molar-refractivity contribution in [2.75, 3.05) is 12.4 Å². The zero-order valence-electron chi connectivity index (χ0n) is 15.4. The van der Waals surface area contributed by atoms with E-state index in [0.29, 0.717) is 16.6 Å². The summed E-state index contributed by atoms with van der Waals surface area (Å²) < 4.78 is 6.02. The number of rotatable bonds is 4. The van der Waals surface area contributed by atoms with E-state index in [1.54, 1.807) is 29.5 Å². The van der Waals surface area contributed by atoms with E-state index in [0.717, 1.165) is 36.1 Å². The number of nitrogens with one attached hydrogen (secondary N) is 1. The zero-order valence-corrected chi connectivity index (χ0v) is 16.2. The first kappa shape index (κ1) is 18.4. The second kappa shape index (κ2) is 7.55. The van der Waals surface area contributed by atoms with E-state index in [4.69, 9.17) is 0 Å². The third-order valence-corrected chi connectivity index (χ3v) is 6.02. The maximum Gasteiger partial charge on any atom is 0.337 e. The number of carbonyl (C=O) groups excluding carboxylic acids is 2. The lowest BCUT2D eigenvalue weighted by molar-refractivity contribution is -0.116. The van der Waals surface area contributed by atoms with Gasteiger partial charge in [0.2, 0.25) is 5.91 Å². The highest BCUT2D eigenvalue weighted by Crippen LogP contribution is 2.33. The van der Waals surface area contributed by atoms with Crippen molar-refractivity contribution < 1.29 is 14.3 Å². The summed E-state index contributed by atoms with van der Waals surface area (Å²) in [5.41, 5.74) is 1.72. The highest BCUT2D eigenvalue weighted by Gasteiger charge is 2.20. The number of thiophene rings is 1. The van der Waals surface area contributed by atoms with Crippen LogP contribution in [0.4, 0.5) is 5.69 Å². The second-order valence-electron chi connectivity index (χ2n) is 6.69. The van der Waals surface area contributed by atoms with E-state index >= 15 is 0 Å². The molecular formula is C20H19N3O4S. The van der Waals surface area contributed by atoms with Gasteiger partial charge in [0.25, 0.3) is 5.56 Å². The average molecular weight is 397 g/mol. The van der Waals surface area contributed by atoms with Crippen molar-refractivity contribution in [1.82, 2.24) is 9.55 Å². The molecular weight excluding hydrogens is 378 g/mol. The number of ether oxygens (including phenoxy) is 1. The van der Waals surface area contributed by atoms with Crippen LogP contribution in [0.3, 0.4) is 0 Å². The quantitative estimate of drug-likeness (QED) is 0.684. The lowest BCUT2D eigenvalue weighted by atomic mass is 9.97. The average Bonchev–Trinajstić information content (AvgIpc) is 3.09. The molecule has 0 spiro atoms. The predicted octanol–water partition coefficient (Wildman–Crippen LogP) is 2.76. The van der Waals surface area contributed by atoms with Gasteiger partial charge >= 0.3 is 5.97 Å². The maximum absolute atomic E-state index is 12.9. The molecule has 2 aromatic heterocycles. The van der Waals surface area contributed by atoms with Crippen molar-refractivity contribution in [1.29, 1.82) is 0 Å². The van der Waals surface area contributed by atoms with E-state index in [1.165, 1.54) is 28.9 Å². The number of aryl methyl sites for hydroxylation is 2. The smallest absolute Gasteiger partial charge is 0.337 e. The minimum Gasteiger partial charge on any atom is -0.465 e. The highest BCUT2D eigenvalue weighted by atomic mass is 32.1. The van der Waals surface area contributed by atoms with Crippen molar-refractivity contribution in [3.63, 3.8) is 0 Å². The van der Waals surface area contributed by atoms with Crippen LogP contribution in [0, 0.1) is 0 Å². The van der Waals surface area contributed by atoms with Crippen LogP contribution in [-0.2, 0) is 28.9 Å². The van der Waals surface area contributed by atoms with Crippen LogP contribution in [0.15, 0.2) is 35.4 Å². The lowest BCUT2D eigenvalue weighted by Crippen LogP contribution is -2.28. The molecule has 1 aliphatic rings. The molecule has 0 saturated carbocycles. The van der Waals surface area contributed by atoms with Gasteiger partial charge in [0.1, 0.15) is 11.4 Å². The Kier molecular flexibility index (Phi) is 4.95. The Bertz CT molecular complexity index is 1130. The number of methoxy groups -OCH3 is 1. The second-order valence-corrected chi connectivity index (χ2v) is 7.77. The fourth-order valence-corrected chi connectivity index (χ4v) is 4.71. The van der Waals surface area contributed by atoms with Crippen LogP contribution in [0.25, 0.3) is 10.2 Å². The fraction of sp³-hybridized carbons (Fsp3) is 0.300. The minimum atomic E-state index is -0.482. The van der Waals surface area contributed by atoms with Crippen molar-refractivity contribution in [2.24, 2.45) is 0 Å². The number of esters is 1. The SMILES string of the molecule is COC(=O)c1cccc(NC(=O)Cn2cnc3sc4c(c3c2=O)CCCC4)c1. The van der Waals surface area contributed by atoms with Gasteiger partial charge in [-0.05, 0) is 49.4 Å². The molecule has 2 heterocycles. The zero-order chi connectivity index (χ0) is 19.7. The van der Waals surface area contributed by atoms with Crippen LogP contribution in [0.1, 0.15) is 33.6 Å². The summed E-state index contributed by atoms with van der Waals surface area (Å²) in [4.78, 5) is 43.4. The van der Waals surface area contributed by atoms with Crippen molar-refractivity contribution in [3.05, 3.63) is 57.0 Å². The molecule has 3 aromatic rings. The third kappa shape index (κ3) is 3.43. The molecule has 144 valence electrons. The van der Waals surface area contributed by atoms with E-state index in [2.05, 4.69) is 15.0 Å². The largest absolute Gasteiger partial charge is 0.465 e. The Morgan fingerprint density at radius 2 is 2.11 bits per heavy atom. The van der Waals surface area contributed by atoms with Crippen LogP contribution >= 0.6 is 11.3 Å². The first-order valence-electron chi connectivity index (χ1n) is 9.04. The number of fused-ring (bicyclic) bond motifs is 3. The topological polar surface area (TPSA) is 90.3 Å². The van der Waals surface area contributed by atoms with Crippen molar-refractivity contribution >= 4 is 39.1 Å². The number of anilines is 1. The Balaban J connectivity index is 1.57. The Labute approximate surface area is 165 Å². The van der Waals surface area contributed by atoms with Gasteiger partial charge in [0.05, 0.1) is 24.4 Å². The van der Waals surface area contributed by atoms with E-state index in [1.807, 2.05) is 0 Å². The van der Waals surface area contributed by atoms with Gasteiger partial charge < -0.3 is 10.1 Å². The van der Waals surface area contributed by atoms with Gasteiger partial charge in [0, 0.05) is 10.6 Å². The predicted molar refractivity (Wildman–Crippen MR) is 107 cm³/mol.